The first-order chi connectivity index (χ1) is 9.93. The maximum atomic E-state index is 14.0. The summed E-state index contributed by atoms with van der Waals surface area (Å²) in [5, 5.41) is 4.53. The molecule has 0 bridgehead atoms. The van der Waals surface area contributed by atoms with Gasteiger partial charge in [0.05, 0.1) is 5.02 Å². The Morgan fingerprint density at radius 3 is 2.95 bits per heavy atom. The molecule has 0 spiro atoms. The number of ether oxygens (including phenoxy) is 1. The zero-order valence-corrected chi connectivity index (χ0v) is 12.6. The van der Waals surface area contributed by atoms with Crippen LogP contribution in [0.25, 0.3) is 11.3 Å². The molecule has 2 aromatic rings. The highest BCUT2D eigenvalue weighted by Gasteiger charge is 2.16. The van der Waals surface area contributed by atoms with Gasteiger partial charge < -0.3 is 4.74 Å². The third kappa shape index (κ3) is 3.15. The quantitative estimate of drug-likeness (QED) is 0.812. The summed E-state index contributed by atoms with van der Waals surface area (Å²) in [6, 6.07) is 2.34. The molecule has 1 aromatic carbocycles. The lowest BCUT2D eigenvalue weighted by atomic mass is 10.3. The lowest BCUT2D eigenvalue weighted by Gasteiger charge is -2.08. The molecule has 0 aliphatic heterocycles. The molecule has 7 heteroatoms. The summed E-state index contributed by atoms with van der Waals surface area (Å²) < 4.78 is 20.2. The normalized spacial score (nSPS) is 10.2. The van der Waals surface area contributed by atoms with Gasteiger partial charge in [-0.25, -0.2) is 4.39 Å². The molecule has 0 N–H and O–H groups in total. The van der Waals surface area contributed by atoms with Gasteiger partial charge in [0.1, 0.15) is 23.1 Å². The fourth-order valence-electron chi connectivity index (χ4n) is 1.51. The Hall–Kier alpha value is -2.10. The van der Waals surface area contributed by atoms with Gasteiger partial charge in [0, 0.05) is 6.07 Å². The lowest BCUT2D eigenvalue weighted by Crippen LogP contribution is -2.14. The molecule has 1 aromatic heterocycles. The Morgan fingerprint density at radius 1 is 1.67 bits per heavy atom. The average molecular weight is 325 g/mol. The van der Waals surface area contributed by atoms with E-state index in [2.05, 4.69) is 17.6 Å². The zero-order valence-electron chi connectivity index (χ0n) is 11.0. The molecule has 4 nitrogen and oxygen atoms in total. The fourth-order valence-corrected chi connectivity index (χ4v) is 2.41. The van der Waals surface area contributed by atoms with E-state index in [1.807, 2.05) is 0 Å². The predicted octanol–water partition coefficient (Wildman–Crippen LogP) is 3.13. The van der Waals surface area contributed by atoms with E-state index in [9.17, 15) is 9.18 Å². The first kappa shape index (κ1) is 15.3. The Labute approximate surface area is 129 Å². The van der Waals surface area contributed by atoms with E-state index in [4.69, 9.17) is 22.8 Å². The van der Waals surface area contributed by atoms with Crippen LogP contribution in [-0.4, -0.2) is 16.4 Å². The van der Waals surface area contributed by atoms with Crippen LogP contribution >= 0.6 is 22.9 Å². The van der Waals surface area contributed by atoms with Crippen LogP contribution in [0.4, 0.5) is 4.39 Å². The first-order valence-electron chi connectivity index (χ1n) is 5.75. The summed E-state index contributed by atoms with van der Waals surface area (Å²) in [5.74, 6) is 1.78. The van der Waals surface area contributed by atoms with E-state index < -0.39 is 10.7 Å². The highest BCUT2D eigenvalue weighted by Crippen LogP contribution is 2.29. The number of hydrogen-bond acceptors (Lipinski definition) is 4. The largest absolute Gasteiger partial charge is 0.479 e. The van der Waals surface area contributed by atoms with Gasteiger partial charge in [0.15, 0.2) is 5.82 Å². The summed E-state index contributed by atoms with van der Waals surface area (Å²) in [7, 11) is 0. The van der Waals surface area contributed by atoms with Crippen LogP contribution in [0.2, 0.25) is 5.02 Å². The highest BCUT2D eigenvalue weighted by molar-refractivity contribution is 7.10. The minimum Gasteiger partial charge on any atom is -0.479 e. The molecular formula is C14H10ClFN2O2S. The second-order valence-corrected chi connectivity index (χ2v) is 5.44. The van der Waals surface area contributed by atoms with Crippen molar-refractivity contribution in [2.75, 3.05) is 6.61 Å². The molecule has 0 aliphatic carbocycles. The van der Waals surface area contributed by atoms with Crippen molar-refractivity contribution in [2.24, 2.45) is 0 Å². The van der Waals surface area contributed by atoms with Crippen molar-refractivity contribution in [3.05, 3.63) is 44.2 Å². The third-order valence-electron chi connectivity index (χ3n) is 2.45. The standard InChI is InChI=1S/C14H10ClFN2O2S/c1-4-5-20-12-7-11(10(16)6-9(12)15)18-14(19)21-13(17-18)8(2)3/h1,6-7H,2,5H2,3H3. The van der Waals surface area contributed by atoms with Crippen molar-refractivity contribution in [3.8, 4) is 23.8 Å². The van der Waals surface area contributed by atoms with Crippen LogP contribution in [0.5, 0.6) is 5.75 Å². The molecule has 108 valence electrons. The SMILES string of the molecule is C#CCOc1cc(-n2nc(C(=C)C)sc2=O)c(F)cc1Cl. The number of halogens is 2. The Kier molecular flexibility index (Phi) is 4.46. The van der Waals surface area contributed by atoms with Crippen molar-refractivity contribution in [2.45, 2.75) is 6.92 Å². The van der Waals surface area contributed by atoms with Crippen LogP contribution in [0, 0.1) is 18.2 Å². The molecule has 21 heavy (non-hydrogen) atoms. The minimum absolute atomic E-state index is 0.0201. The van der Waals surface area contributed by atoms with Gasteiger partial charge in [-0.15, -0.1) is 6.42 Å². The maximum Gasteiger partial charge on any atom is 0.330 e. The van der Waals surface area contributed by atoms with Crippen molar-refractivity contribution in [3.63, 3.8) is 0 Å². The van der Waals surface area contributed by atoms with Crippen molar-refractivity contribution in [1.82, 2.24) is 9.78 Å². The lowest BCUT2D eigenvalue weighted by molar-refractivity contribution is 0.369. The molecular weight excluding hydrogens is 315 g/mol. The number of terminal acetylenes is 1. The van der Waals surface area contributed by atoms with E-state index in [0.29, 0.717) is 10.6 Å². The summed E-state index contributed by atoms with van der Waals surface area (Å²) in [4.78, 5) is 11.5. The van der Waals surface area contributed by atoms with Gasteiger partial charge in [-0.1, -0.05) is 35.4 Å². The second kappa shape index (κ2) is 6.12. The van der Waals surface area contributed by atoms with Gasteiger partial charge in [-0.05, 0) is 18.6 Å². The predicted molar refractivity (Wildman–Crippen MR) is 81.7 cm³/mol. The van der Waals surface area contributed by atoms with Gasteiger partial charge in [0.25, 0.3) is 0 Å². The van der Waals surface area contributed by atoms with Gasteiger partial charge in [0.2, 0.25) is 0 Å². The molecule has 0 atom stereocenters. The number of benzene rings is 1. The van der Waals surface area contributed by atoms with Crippen molar-refractivity contribution in [1.29, 1.82) is 0 Å². The smallest absolute Gasteiger partial charge is 0.330 e. The van der Waals surface area contributed by atoms with E-state index in [-0.39, 0.29) is 23.1 Å². The Bertz CT molecular complexity index is 804. The summed E-state index contributed by atoms with van der Waals surface area (Å²) in [6.07, 6.45) is 5.10. The molecule has 0 saturated carbocycles. The van der Waals surface area contributed by atoms with E-state index in [1.165, 1.54) is 6.07 Å². The molecule has 0 saturated heterocycles. The van der Waals surface area contributed by atoms with E-state index in [1.54, 1.807) is 6.92 Å². The van der Waals surface area contributed by atoms with Crippen LogP contribution in [0.1, 0.15) is 11.9 Å². The van der Waals surface area contributed by atoms with Crippen LogP contribution in [0.3, 0.4) is 0 Å². The summed E-state index contributed by atoms with van der Waals surface area (Å²) in [5.41, 5.74) is 0.564. The molecule has 1 heterocycles. The molecule has 0 unspecified atom stereocenters. The highest BCUT2D eigenvalue weighted by atomic mass is 35.5. The number of allylic oxidation sites excluding steroid dienone is 1. The topological polar surface area (TPSA) is 44.1 Å². The molecule has 0 aliphatic rings. The van der Waals surface area contributed by atoms with Gasteiger partial charge >= 0.3 is 4.87 Å². The average Bonchev–Trinajstić information content (AvgIpc) is 2.80. The number of hydrogen-bond donors (Lipinski definition) is 0. The monoisotopic (exact) mass is 324 g/mol. The molecule has 0 fully saturated rings. The summed E-state index contributed by atoms with van der Waals surface area (Å²) >= 11 is 6.75. The van der Waals surface area contributed by atoms with Gasteiger partial charge in [-0.2, -0.15) is 9.78 Å². The fraction of sp³-hybridized carbons (Fsp3) is 0.143. The third-order valence-corrected chi connectivity index (χ3v) is 3.72. The Morgan fingerprint density at radius 2 is 2.38 bits per heavy atom. The number of aromatic nitrogens is 2. The van der Waals surface area contributed by atoms with Crippen molar-refractivity contribution < 1.29 is 9.13 Å². The van der Waals surface area contributed by atoms with Crippen molar-refractivity contribution >= 4 is 28.5 Å². The van der Waals surface area contributed by atoms with E-state index in [0.717, 1.165) is 22.1 Å². The van der Waals surface area contributed by atoms with Crippen LogP contribution in [0.15, 0.2) is 23.5 Å². The molecule has 0 amide bonds. The zero-order chi connectivity index (χ0) is 15.6. The Balaban J connectivity index is 2.56. The second-order valence-electron chi connectivity index (χ2n) is 4.09. The maximum absolute atomic E-state index is 14.0. The molecule has 0 radical (unpaired) electrons. The number of rotatable bonds is 4. The van der Waals surface area contributed by atoms with Gasteiger partial charge in [-0.3, -0.25) is 4.79 Å². The van der Waals surface area contributed by atoms with Crippen LogP contribution < -0.4 is 9.61 Å². The van der Waals surface area contributed by atoms with E-state index >= 15 is 0 Å². The summed E-state index contributed by atoms with van der Waals surface area (Å²) in [6.45, 7) is 5.39. The molecule has 2 rings (SSSR count). The van der Waals surface area contributed by atoms with Crippen LogP contribution in [-0.2, 0) is 0 Å². The minimum atomic E-state index is -0.686. The first-order valence-corrected chi connectivity index (χ1v) is 6.95. The number of nitrogens with zero attached hydrogens (tertiary/aromatic N) is 2.